The molecule has 136 valence electrons. The first-order valence-electron chi connectivity index (χ1n) is 7.84. The fraction of sp³-hybridized carbons (Fsp3) is 0.235. The minimum Gasteiger partial charge on any atom is -0.436 e. The maximum atomic E-state index is 13.7. The Balaban J connectivity index is 1.68. The molecular formula is C17H16ClFN4O3. The van der Waals surface area contributed by atoms with Crippen LogP contribution in [0.3, 0.4) is 0 Å². The summed E-state index contributed by atoms with van der Waals surface area (Å²) in [5.74, 6) is -0.409. The number of benzene rings is 1. The number of aromatic nitrogens is 4. The van der Waals surface area contributed by atoms with Crippen LogP contribution in [-0.4, -0.2) is 42.9 Å². The van der Waals surface area contributed by atoms with Crippen LogP contribution in [0.25, 0.3) is 5.69 Å². The van der Waals surface area contributed by atoms with E-state index in [2.05, 4.69) is 15.3 Å². The summed E-state index contributed by atoms with van der Waals surface area (Å²) in [5, 5.41) is 26.7. The Bertz CT molecular complexity index is 873. The fourth-order valence-corrected chi connectivity index (χ4v) is 2.41. The van der Waals surface area contributed by atoms with Crippen molar-refractivity contribution in [2.75, 3.05) is 6.61 Å². The number of aliphatic hydroxyl groups excluding tert-OH is 2. The van der Waals surface area contributed by atoms with E-state index in [0.717, 1.165) is 11.8 Å². The zero-order chi connectivity index (χ0) is 18.5. The molecule has 2 N–H and O–H groups in total. The van der Waals surface area contributed by atoms with Crippen molar-refractivity contribution in [2.45, 2.75) is 18.9 Å². The van der Waals surface area contributed by atoms with E-state index in [9.17, 15) is 9.50 Å². The predicted octanol–water partition coefficient (Wildman–Crippen LogP) is 2.53. The molecule has 0 saturated heterocycles. The van der Waals surface area contributed by atoms with Crippen LogP contribution in [-0.2, 0) is 6.42 Å². The zero-order valence-electron chi connectivity index (χ0n) is 13.6. The van der Waals surface area contributed by atoms with E-state index < -0.39 is 11.9 Å². The van der Waals surface area contributed by atoms with Crippen LogP contribution < -0.4 is 4.74 Å². The van der Waals surface area contributed by atoms with Gasteiger partial charge in [0.2, 0.25) is 0 Å². The average molecular weight is 379 g/mol. The van der Waals surface area contributed by atoms with Crippen LogP contribution in [0.4, 0.5) is 4.39 Å². The van der Waals surface area contributed by atoms with Gasteiger partial charge >= 0.3 is 0 Å². The molecule has 0 amide bonds. The number of pyridine rings is 1. The molecule has 2 aromatic heterocycles. The lowest BCUT2D eigenvalue weighted by Gasteiger charge is -2.07. The molecule has 2 heterocycles. The van der Waals surface area contributed by atoms with E-state index in [0.29, 0.717) is 17.9 Å². The molecule has 9 heteroatoms. The highest BCUT2D eigenvalue weighted by Crippen LogP contribution is 2.24. The second kappa shape index (κ2) is 8.22. The summed E-state index contributed by atoms with van der Waals surface area (Å²) in [5.41, 5.74) is 1.33. The first-order chi connectivity index (χ1) is 12.5. The largest absolute Gasteiger partial charge is 0.436 e. The zero-order valence-corrected chi connectivity index (χ0v) is 14.3. The van der Waals surface area contributed by atoms with Crippen molar-refractivity contribution in [2.24, 2.45) is 0 Å². The van der Waals surface area contributed by atoms with Crippen LogP contribution in [0.5, 0.6) is 11.6 Å². The van der Waals surface area contributed by atoms with Gasteiger partial charge in [-0.1, -0.05) is 16.8 Å². The van der Waals surface area contributed by atoms with Crippen molar-refractivity contribution in [1.82, 2.24) is 20.0 Å². The SMILES string of the molecule is OCCC(O)Cc1cn(-c2ccc(Oc3ncc(Cl)cc3F)cc2)nn1. The standard InChI is InChI=1S/C17H16ClFN4O3/c18-11-7-16(19)17(20-9-11)26-15-3-1-13(2-4-15)23-10-12(21-22-23)8-14(25)5-6-24/h1-4,7,9-10,14,24-25H,5-6,8H2. The number of hydrogen-bond donors (Lipinski definition) is 2. The molecule has 26 heavy (non-hydrogen) atoms. The summed E-state index contributed by atoms with van der Waals surface area (Å²) in [4.78, 5) is 3.80. The third-order valence-electron chi connectivity index (χ3n) is 3.54. The maximum Gasteiger partial charge on any atom is 0.255 e. The minimum atomic E-state index is -0.664. The first kappa shape index (κ1) is 18.2. The van der Waals surface area contributed by atoms with Crippen LogP contribution in [0.1, 0.15) is 12.1 Å². The van der Waals surface area contributed by atoms with E-state index in [1.807, 2.05) is 0 Å². The van der Waals surface area contributed by atoms with Crippen molar-refractivity contribution in [1.29, 1.82) is 0 Å². The molecule has 1 atom stereocenters. The number of ether oxygens (including phenoxy) is 1. The van der Waals surface area contributed by atoms with Gasteiger partial charge in [0.1, 0.15) is 5.75 Å². The van der Waals surface area contributed by atoms with Crippen molar-refractivity contribution >= 4 is 11.6 Å². The lowest BCUT2D eigenvalue weighted by molar-refractivity contribution is 0.132. The minimum absolute atomic E-state index is 0.0835. The number of halogens is 2. The lowest BCUT2D eigenvalue weighted by atomic mass is 10.1. The Hall–Kier alpha value is -2.55. The van der Waals surface area contributed by atoms with Crippen molar-refractivity contribution < 1.29 is 19.3 Å². The molecule has 0 fully saturated rings. The van der Waals surface area contributed by atoms with Gasteiger partial charge in [0.25, 0.3) is 5.88 Å². The van der Waals surface area contributed by atoms with E-state index in [-0.39, 0.29) is 23.9 Å². The van der Waals surface area contributed by atoms with Crippen LogP contribution in [0.2, 0.25) is 5.02 Å². The van der Waals surface area contributed by atoms with Gasteiger partial charge in [0, 0.05) is 19.2 Å². The van der Waals surface area contributed by atoms with Crippen molar-refractivity contribution in [3.8, 4) is 17.3 Å². The lowest BCUT2D eigenvalue weighted by Crippen LogP contribution is -2.12. The highest BCUT2D eigenvalue weighted by molar-refractivity contribution is 6.30. The van der Waals surface area contributed by atoms with Crippen LogP contribution in [0.15, 0.2) is 42.7 Å². The maximum absolute atomic E-state index is 13.7. The Morgan fingerprint density at radius 2 is 2.04 bits per heavy atom. The van der Waals surface area contributed by atoms with Gasteiger partial charge in [-0.05, 0) is 36.8 Å². The van der Waals surface area contributed by atoms with Crippen molar-refractivity contribution in [3.05, 3.63) is 59.3 Å². The molecular weight excluding hydrogens is 363 g/mol. The quantitative estimate of drug-likeness (QED) is 0.656. The molecule has 3 rings (SSSR count). The summed E-state index contributed by atoms with van der Waals surface area (Å²) in [6.45, 7) is -0.0835. The smallest absolute Gasteiger partial charge is 0.255 e. The molecule has 3 aromatic rings. The normalized spacial score (nSPS) is 12.2. The second-order valence-corrected chi connectivity index (χ2v) is 6.00. The summed E-state index contributed by atoms with van der Waals surface area (Å²) in [6, 6.07) is 7.87. The van der Waals surface area contributed by atoms with Gasteiger partial charge in [-0.15, -0.1) is 5.10 Å². The molecule has 0 aliphatic carbocycles. The van der Waals surface area contributed by atoms with Gasteiger partial charge in [-0.2, -0.15) is 0 Å². The number of aliphatic hydroxyl groups is 2. The summed E-state index contributed by atoms with van der Waals surface area (Å²) in [7, 11) is 0. The molecule has 1 aromatic carbocycles. The topological polar surface area (TPSA) is 93.3 Å². The van der Waals surface area contributed by atoms with E-state index in [1.54, 1.807) is 35.1 Å². The number of nitrogens with zero attached hydrogens (tertiary/aromatic N) is 4. The Morgan fingerprint density at radius 1 is 1.27 bits per heavy atom. The van der Waals surface area contributed by atoms with E-state index >= 15 is 0 Å². The van der Waals surface area contributed by atoms with Gasteiger partial charge < -0.3 is 14.9 Å². The summed E-state index contributed by atoms with van der Waals surface area (Å²) < 4.78 is 20.7. The molecule has 0 spiro atoms. The average Bonchev–Trinajstić information content (AvgIpc) is 3.06. The molecule has 0 radical (unpaired) electrons. The van der Waals surface area contributed by atoms with Gasteiger partial charge in [0.05, 0.1) is 28.7 Å². The monoisotopic (exact) mass is 378 g/mol. The molecule has 0 aliphatic heterocycles. The predicted molar refractivity (Wildman–Crippen MR) is 92.1 cm³/mol. The molecule has 1 unspecified atom stereocenters. The number of rotatable bonds is 7. The van der Waals surface area contributed by atoms with Gasteiger partial charge in [-0.25, -0.2) is 14.1 Å². The summed E-state index contributed by atoms with van der Waals surface area (Å²) >= 11 is 5.66. The Morgan fingerprint density at radius 3 is 2.73 bits per heavy atom. The highest BCUT2D eigenvalue weighted by atomic mass is 35.5. The van der Waals surface area contributed by atoms with E-state index in [1.165, 1.54) is 6.20 Å². The summed E-state index contributed by atoms with van der Waals surface area (Å²) in [6.07, 6.45) is 2.92. The first-order valence-corrected chi connectivity index (χ1v) is 8.22. The second-order valence-electron chi connectivity index (χ2n) is 5.56. The molecule has 0 bridgehead atoms. The highest BCUT2D eigenvalue weighted by Gasteiger charge is 2.10. The fourth-order valence-electron chi connectivity index (χ4n) is 2.27. The van der Waals surface area contributed by atoms with Gasteiger partial charge in [0.15, 0.2) is 5.82 Å². The third-order valence-corrected chi connectivity index (χ3v) is 3.74. The molecule has 0 aliphatic rings. The number of hydrogen-bond acceptors (Lipinski definition) is 6. The Labute approximate surface area is 153 Å². The Kier molecular flexibility index (Phi) is 5.77. The van der Waals surface area contributed by atoms with E-state index in [4.69, 9.17) is 21.4 Å². The molecule has 0 saturated carbocycles. The third kappa shape index (κ3) is 4.54. The van der Waals surface area contributed by atoms with Crippen LogP contribution in [0, 0.1) is 5.82 Å². The van der Waals surface area contributed by atoms with Gasteiger partial charge in [-0.3, -0.25) is 0 Å². The van der Waals surface area contributed by atoms with Crippen LogP contribution >= 0.6 is 11.6 Å². The van der Waals surface area contributed by atoms with Crippen molar-refractivity contribution in [3.63, 3.8) is 0 Å². The molecule has 7 nitrogen and oxygen atoms in total.